The van der Waals surface area contributed by atoms with Crippen LogP contribution in [0, 0.1) is 0 Å². The molecule has 4 amide bonds. The van der Waals surface area contributed by atoms with Crippen LogP contribution in [0.15, 0.2) is 35.5 Å². The molecule has 0 bridgehead atoms. The molecule has 2 atom stereocenters. The Morgan fingerprint density at radius 3 is 2.84 bits per heavy atom. The van der Waals surface area contributed by atoms with Crippen molar-refractivity contribution in [2.24, 2.45) is 0 Å². The molecule has 11 heteroatoms. The molecule has 31 heavy (non-hydrogen) atoms. The molecule has 2 unspecified atom stereocenters. The van der Waals surface area contributed by atoms with Gasteiger partial charge in [0.2, 0.25) is 11.8 Å². The fraction of sp³-hybridized carbons (Fsp3) is 0.450. The van der Waals surface area contributed by atoms with E-state index < -0.39 is 6.03 Å². The summed E-state index contributed by atoms with van der Waals surface area (Å²) in [6, 6.07) is 8.66. The lowest BCUT2D eigenvalue weighted by Gasteiger charge is -2.23. The molecule has 3 heterocycles. The van der Waals surface area contributed by atoms with Crippen LogP contribution in [-0.4, -0.2) is 63.7 Å². The molecule has 2 saturated heterocycles. The first-order chi connectivity index (χ1) is 15.1. The van der Waals surface area contributed by atoms with E-state index in [0.29, 0.717) is 23.9 Å². The molecule has 1 aromatic carbocycles. The zero-order valence-corrected chi connectivity index (χ0v) is 17.7. The maximum Gasteiger partial charge on any atom is 0.321 e. The quantitative estimate of drug-likeness (QED) is 0.514. The standard InChI is InChI=1S/C20H24N6O4S/c27-17-10-13(22-19(29)23-17)9-16-24-25-20(26(16)14-5-2-1-3-6-14)31-12-18(28)21-11-15-7-4-8-30-15/h1-3,5-6,13,15H,4,7-12H2,(H,21,28)(H2,22,23,27,29). The van der Waals surface area contributed by atoms with E-state index in [1.54, 1.807) is 0 Å². The predicted octanol–water partition coefficient (Wildman–Crippen LogP) is 0.795. The smallest absolute Gasteiger partial charge is 0.321 e. The molecule has 0 radical (unpaired) electrons. The van der Waals surface area contributed by atoms with Gasteiger partial charge in [-0.3, -0.25) is 19.5 Å². The van der Waals surface area contributed by atoms with Crippen LogP contribution in [-0.2, 0) is 20.7 Å². The molecular weight excluding hydrogens is 420 g/mol. The van der Waals surface area contributed by atoms with Gasteiger partial charge >= 0.3 is 6.03 Å². The van der Waals surface area contributed by atoms with E-state index >= 15 is 0 Å². The van der Waals surface area contributed by atoms with Crippen LogP contribution >= 0.6 is 11.8 Å². The van der Waals surface area contributed by atoms with Crippen molar-refractivity contribution in [2.45, 2.75) is 43.0 Å². The van der Waals surface area contributed by atoms with Gasteiger partial charge in [0.15, 0.2) is 5.16 Å². The van der Waals surface area contributed by atoms with Crippen LogP contribution in [0.4, 0.5) is 4.79 Å². The number of thioether (sulfide) groups is 1. The number of aromatic nitrogens is 3. The average molecular weight is 445 g/mol. The molecule has 3 N–H and O–H groups in total. The highest BCUT2D eigenvalue weighted by Gasteiger charge is 2.27. The summed E-state index contributed by atoms with van der Waals surface area (Å²) in [5, 5.41) is 17.0. The molecule has 2 aliphatic rings. The van der Waals surface area contributed by atoms with Crippen LogP contribution in [0.3, 0.4) is 0 Å². The van der Waals surface area contributed by atoms with Crippen molar-refractivity contribution in [3.05, 3.63) is 36.2 Å². The van der Waals surface area contributed by atoms with E-state index in [9.17, 15) is 14.4 Å². The Labute approximate surface area is 183 Å². The van der Waals surface area contributed by atoms with E-state index in [1.165, 1.54) is 11.8 Å². The van der Waals surface area contributed by atoms with Gasteiger partial charge in [0.25, 0.3) is 0 Å². The number of rotatable bonds is 8. The van der Waals surface area contributed by atoms with Crippen LogP contribution in [0.2, 0.25) is 0 Å². The number of benzene rings is 1. The minimum absolute atomic E-state index is 0.0939. The zero-order valence-electron chi connectivity index (χ0n) is 16.9. The molecule has 2 aromatic rings. The summed E-state index contributed by atoms with van der Waals surface area (Å²) in [7, 11) is 0. The Morgan fingerprint density at radius 2 is 2.10 bits per heavy atom. The largest absolute Gasteiger partial charge is 0.376 e. The zero-order chi connectivity index (χ0) is 21.6. The fourth-order valence-electron chi connectivity index (χ4n) is 3.59. The minimum atomic E-state index is -0.510. The van der Waals surface area contributed by atoms with Gasteiger partial charge in [-0.2, -0.15) is 0 Å². The van der Waals surface area contributed by atoms with Crippen molar-refractivity contribution < 1.29 is 19.1 Å². The molecule has 0 aliphatic carbocycles. The van der Waals surface area contributed by atoms with E-state index in [-0.39, 0.29) is 36.1 Å². The van der Waals surface area contributed by atoms with Crippen LogP contribution in [0.25, 0.3) is 5.69 Å². The van der Waals surface area contributed by atoms with Gasteiger partial charge in [0, 0.05) is 37.7 Å². The molecule has 10 nitrogen and oxygen atoms in total. The third-order valence-corrected chi connectivity index (χ3v) is 5.98. The Hall–Kier alpha value is -2.92. The lowest BCUT2D eigenvalue weighted by atomic mass is 10.1. The maximum atomic E-state index is 12.3. The fourth-order valence-corrected chi connectivity index (χ4v) is 4.39. The number of carbonyl (C=O) groups is 3. The lowest BCUT2D eigenvalue weighted by Crippen LogP contribution is -2.53. The number of para-hydroxylation sites is 1. The van der Waals surface area contributed by atoms with Gasteiger partial charge in [-0.25, -0.2) is 4.79 Å². The van der Waals surface area contributed by atoms with Crippen LogP contribution in [0.5, 0.6) is 0 Å². The van der Waals surface area contributed by atoms with Crippen molar-refractivity contribution in [1.82, 2.24) is 30.7 Å². The van der Waals surface area contributed by atoms with Gasteiger partial charge in [-0.15, -0.1) is 10.2 Å². The topological polar surface area (TPSA) is 127 Å². The molecule has 0 saturated carbocycles. The summed E-state index contributed by atoms with van der Waals surface area (Å²) in [6.45, 7) is 1.26. The molecular formula is C20H24N6O4S. The number of carbonyl (C=O) groups excluding carboxylic acids is 3. The lowest BCUT2D eigenvalue weighted by molar-refractivity contribution is -0.121. The Morgan fingerprint density at radius 1 is 1.26 bits per heavy atom. The first-order valence-corrected chi connectivity index (χ1v) is 11.2. The highest BCUT2D eigenvalue weighted by Crippen LogP contribution is 2.23. The number of ether oxygens (including phenoxy) is 1. The van der Waals surface area contributed by atoms with Gasteiger partial charge < -0.3 is 15.4 Å². The second-order valence-electron chi connectivity index (χ2n) is 7.42. The van der Waals surface area contributed by atoms with Crippen LogP contribution < -0.4 is 16.0 Å². The third-order valence-electron chi connectivity index (χ3n) is 5.05. The second-order valence-corrected chi connectivity index (χ2v) is 8.37. The average Bonchev–Trinajstić information content (AvgIpc) is 3.40. The van der Waals surface area contributed by atoms with Gasteiger partial charge in [0.05, 0.1) is 11.9 Å². The Kier molecular flexibility index (Phi) is 6.82. The number of nitrogens with one attached hydrogen (secondary N) is 3. The number of hydrogen-bond donors (Lipinski definition) is 3. The second kappa shape index (κ2) is 9.92. The van der Waals surface area contributed by atoms with Crippen molar-refractivity contribution in [3.63, 3.8) is 0 Å². The molecule has 1 aromatic heterocycles. The summed E-state index contributed by atoms with van der Waals surface area (Å²) in [4.78, 5) is 35.6. The highest BCUT2D eigenvalue weighted by atomic mass is 32.2. The number of urea groups is 1. The predicted molar refractivity (Wildman–Crippen MR) is 113 cm³/mol. The normalized spacial score (nSPS) is 20.9. The summed E-state index contributed by atoms with van der Waals surface area (Å²) in [5.74, 6) is 0.381. The SMILES string of the molecule is O=C(CSc1nnc(CC2CC(=O)NC(=O)N2)n1-c1ccccc1)NCC1CCCO1. The van der Waals surface area contributed by atoms with Crippen LogP contribution in [0.1, 0.15) is 25.1 Å². The van der Waals surface area contributed by atoms with Gasteiger partial charge in [-0.1, -0.05) is 30.0 Å². The van der Waals surface area contributed by atoms with E-state index in [0.717, 1.165) is 25.1 Å². The number of hydrogen-bond acceptors (Lipinski definition) is 7. The number of nitrogens with zero attached hydrogens (tertiary/aromatic N) is 3. The third kappa shape index (κ3) is 5.61. The molecule has 2 aliphatic heterocycles. The summed E-state index contributed by atoms with van der Waals surface area (Å²) < 4.78 is 7.39. The van der Waals surface area contributed by atoms with Crippen molar-refractivity contribution in [1.29, 1.82) is 0 Å². The van der Waals surface area contributed by atoms with Crippen molar-refractivity contribution in [3.8, 4) is 5.69 Å². The molecule has 164 valence electrons. The molecule has 4 rings (SSSR count). The van der Waals surface area contributed by atoms with Gasteiger partial charge in [-0.05, 0) is 25.0 Å². The van der Waals surface area contributed by atoms with E-state index in [1.807, 2.05) is 34.9 Å². The molecule has 0 spiro atoms. The first kappa shape index (κ1) is 21.3. The number of amides is 4. The summed E-state index contributed by atoms with van der Waals surface area (Å²) in [6.07, 6.45) is 2.60. The van der Waals surface area contributed by atoms with E-state index in [4.69, 9.17) is 4.74 Å². The highest BCUT2D eigenvalue weighted by molar-refractivity contribution is 7.99. The first-order valence-electron chi connectivity index (χ1n) is 10.2. The van der Waals surface area contributed by atoms with E-state index in [2.05, 4.69) is 26.1 Å². The summed E-state index contributed by atoms with van der Waals surface area (Å²) >= 11 is 1.29. The van der Waals surface area contributed by atoms with Crippen molar-refractivity contribution in [2.75, 3.05) is 18.9 Å². The Bertz CT molecular complexity index is 928. The Balaban J connectivity index is 1.45. The van der Waals surface area contributed by atoms with Gasteiger partial charge in [0.1, 0.15) is 5.82 Å². The number of imide groups is 1. The monoisotopic (exact) mass is 444 g/mol. The summed E-state index contributed by atoms with van der Waals surface area (Å²) in [5.41, 5.74) is 0.844. The maximum absolute atomic E-state index is 12.3. The molecule has 2 fully saturated rings. The van der Waals surface area contributed by atoms with Crippen molar-refractivity contribution >= 4 is 29.6 Å². The minimum Gasteiger partial charge on any atom is -0.376 e.